The number of benzene rings is 2. The van der Waals surface area contributed by atoms with E-state index in [0.717, 1.165) is 28.1 Å². The van der Waals surface area contributed by atoms with E-state index in [2.05, 4.69) is 133 Å². The topological polar surface area (TPSA) is 12.9 Å². The van der Waals surface area contributed by atoms with E-state index in [-0.39, 0.29) is 0 Å². The molecule has 4 rings (SSSR count). The van der Waals surface area contributed by atoms with Crippen molar-refractivity contribution in [2.24, 2.45) is 0 Å². The van der Waals surface area contributed by atoms with Crippen molar-refractivity contribution in [3.8, 4) is 0 Å². The number of rotatable bonds is 6. The van der Waals surface area contributed by atoms with Crippen LogP contribution in [0.25, 0.3) is 16.7 Å². The molecule has 47 heavy (non-hydrogen) atoms. The number of aromatic nitrogens is 1. The molecule has 1 aliphatic carbocycles. The summed E-state index contributed by atoms with van der Waals surface area (Å²) in [5, 5.41) is 0. The SMILES string of the molecule is C=C/C=C\C(=C/C)c1cc(C)nc(/C(C=C)=C/C)c1.CC.CC.CC1=C(c2c(C)ccc(C)c2C)C=CCC1.Cc1ccccc1C. The van der Waals surface area contributed by atoms with Crippen LogP contribution < -0.4 is 0 Å². The molecule has 0 saturated carbocycles. The minimum atomic E-state index is 0.957. The molecule has 1 nitrogen and oxygen atoms in total. The molecule has 0 amide bonds. The Morgan fingerprint density at radius 1 is 0.723 bits per heavy atom. The summed E-state index contributed by atoms with van der Waals surface area (Å²) in [5.41, 5.74) is 16.7. The van der Waals surface area contributed by atoms with Gasteiger partial charge in [-0.3, -0.25) is 4.98 Å². The second-order valence-electron chi connectivity index (χ2n) is 11.1. The van der Waals surface area contributed by atoms with Gasteiger partial charge in [0.15, 0.2) is 0 Å². The molecule has 0 radical (unpaired) electrons. The molecule has 0 N–H and O–H groups in total. The Balaban J connectivity index is 0.000000679. The summed E-state index contributed by atoms with van der Waals surface area (Å²) in [6.07, 6.45) is 18.7. The summed E-state index contributed by atoms with van der Waals surface area (Å²) in [6.45, 7) is 34.7. The number of nitrogens with zero attached hydrogens (tertiary/aromatic N) is 1. The summed E-state index contributed by atoms with van der Waals surface area (Å²) >= 11 is 0. The Labute approximate surface area is 290 Å². The fourth-order valence-corrected chi connectivity index (χ4v) is 4.99. The van der Waals surface area contributed by atoms with E-state index in [4.69, 9.17) is 0 Å². The Bertz CT molecular complexity index is 1550. The molecule has 1 heterocycles. The molecule has 2 aromatic carbocycles. The molecule has 0 spiro atoms. The van der Waals surface area contributed by atoms with E-state index in [1.807, 2.05) is 66.7 Å². The van der Waals surface area contributed by atoms with E-state index in [9.17, 15) is 0 Å². The number of pyridine rings is 1. The molecule has 0 aliphatic heterocycles. The molecule has 0 bridgehead atoms. The molecular formula is C46H63N. The van der Waals surface area contributed by atoms with Gasteiger partial charge in [0.25, 0.3) is 0 Å². The lowest BCUT2D eigenvalue weighted by molar-refractivity contribution is 0.966. The predicted octanol–water partition coefficient (Wildman–Crippen LogP) is 14.2. The van der Waals surface area contributed by atoms with Crippen LogP contribution in [0, 0.1) is 41.5 Å². The first-order chi connectivity index (χ1) is 22.6. The van der Waals surface area contributed by atoms with Gasteiger partial charge >= 0.3 is 0 Å². The van der Waals surface area contributed by atoms with Gasteiger partial charge in [-0.25, -0.2) is 0 Å². The fraction of sp³-hybridized carbons (Fsp3) is 0.326. The third-order valence-corrected chi connectivity index (χ3v) is 7.91. The largest absolute Gasteiger partial charge is 0.253 e. The maximum Gasteiger partial charge on any atom is 0.0707 e. The van der Waals surface area contributed by atoms with Crippen molar-refractivity contribution in [3.05, 3.63) is 166 Å². The zero-order valence-corrected chi connectivity index (χ0v) is 32.0. The smallest absolute Gasteiger partial charge is 0.0707 e. The molecule has 0 atom stereocenters. The van der Waals surface area contributed by atoms with E-state index in [0.29, 0.717) is 0 Å². The van der Waals surface area contributed by atoms with Crippen LogP contribution in [-0.2, 0) is 0 Å². The lowest BCUT2D eigenvalue weighted by Crippen LogP contribution is -1.99. The first-order valence-electron chi connectivity index (χ1n) is 17.3. The summed E-state index contributed by atoms with van der Waals surface area (Å²) in [4.78, 5) is 4.56. The van der Waals surface area contributed by atoms with Crippen LogP contribution in [0.2, 0.25) is 0 Å². The summed E-state index contributed by atoms with van der Waals surface area (Å²) in [6, 6.07) is 17.0. The third-order valence-electron chi connectivity index (χ3n) is 7.91. The third kappa shape index (κ3) is 14.0. The van der Waals surface area contributed by atoms with E-state index in [1.54, 1.807) is 6.08 Å². The van der Waals surface area contributed by atoms with Crippen LogP contribution in [-0.4, -0.2) is 4.98 Å². The molecule has 3 aromatic rings. The second-order valence-corrected chi connectivity index (χ2v) is 11.1. The first kappa shape index (κ1) is 42.8. The van der Waals surface area contributed by atoms with E-state index < -0.39 is 0 Å². The average molecular weight is 630 g/mol. The Hall–Kier alpha value is -4.23. The van der Waals surface area contributed by atoms with Gasteiger partial charge in [-0.2, -0.15) is 0 Å². The molecule has 1 aliphatic rings. The molecule has 252 valence electrons. The number of aryl methyl sites for hydroxylation is 5. The highest BCUT2D eigenvalue weighted by Gasteiger charge is 2.12. The Morgan fingerprint density at radius 3 is 1.79 bits per heavy atom. The minimum Gasteiger partial charge on any atom is -0.253 e. The highest BCUT2D eigenvalue weighted by Crippen LogP contribution is 2.32. The maximum absolute atomic E-state index is 4.56. The fourth-order valence-electron chi connectivity index (χ4n) is 4.99. The number of hydrogen-bond acceptors (Lipinski definition) is 1. The quantitative estimate of drug-likeness (QED) is 0.247. The second kappa shape index (κ2) is 24.0. The van der Waals surface area contributed by atoms with Crippen LogP contribution in [0.15, 0.2) is 116 Å². The molecular weight excluding hydrogens is 567 g/mol. The summed E-state index contributed by atoms with van der Waals surface area (Å²) in [7, 11) is 0. The van der Waals surface area contributed by atoms with E-state index in [1.165, 1.54) is 57.4 Å². The van der Waals surface area contributed by atoms with Gasteiger partial charge in [-0.15, -0.1) is 0 Å². The standard InChI is InChI=1S/C18H21N.C16H20.C8H10.2C2H6/c1-6-10-11-16(9-4)17-12-14(5)19-18(13-17)15(7-2)8-3;1-11-9-10-13(3)16(14(11)4)15-8-6-5-7-12(15)2;1-7-5-3-4-6-8(7)2;2*1-2/h6-13H,1-2H2,3-5H3;6,8-10H,5,7H2,1-4H3;3-6H,1-2H3;2*1-2H3/b11-10-,15-8+,16-9+;;;;. The zero-order chi connectivity index (χ0) is 35.9. The summed E-state index contributed by atoms with van der Waals surface area (Å²) < 4.78 is 0. The molecule has 1 aromatic heterocycles. The summed E-state index contributed by atoms with van der Waals surface area (Å²) in [5.74, 6) is 0. The van der Waals surface area contributed by atoms with Gasteiger partial charge in [0, 0.05) is 5.69 Å². The van der Waals surface area contributed by atoms with Crippen LogP contribution in [0.4, 0.5) is 0 Å². The van der Waals surface area contributed by atoms with Gasteiger partial charge in [0.05, 0.1) is 5.69 Å². The van der Waals surface area contributed by atoms with Gasteiger partial charge in [0.1, 0.15) is 0 Å². The predicted molar refractivity (Wildman–Crippen MR) is 216 cm³/mol. The van der Waals surface area contributed by atoms with Crippen molar-refractivity contribution in [1.82, 2.24) is 4.98 Å². The van der Waals surface area contributed by atoms with Crippen molar-refractivity contribution in [2.75, 3.05) is 0 Å². The maximum atomic E-state index is 4.56. The van der Waals surface area contributed by atoms with Crippen molar-refractivity contribution in [2.45, 2.75) is 103 Å². The van der Waals surface area contributed by atoms with Crippen LogP contribution in [0.1, 0.15) is 112 Å². The van der Waals surface area contributed by atoms with Crippen molar-refractivity contribution < 1.29 is 0 Å². The lowest BCUT2D eigenvalue weighted by atomic mass is 9.87. The molecule has 0 fully saturated rings. The van der Waals surface area contributed by atoms with E-state index >= 15 is 0 Å². The van der Waals surface area contributed by atoms with Gasteiger partial charge in [-0.05, 0) is 143 Å². The minimum absolute atomic E-state index is 0.957. The lowest BCUT2D eigenvalue weighted by Gasteiger charge is -2.18. The van der Waals surface area contributed by atoms with Crippen LogP contribution >= 0.6 is 0 Å². The van der Waals surface area contributed by atoms with Crippen molar-refractivity contribution >= 4 is 16.7 Å². The van der Waals surface area contributed by atoms with Gasteiger partial charge in [-0.1, -0.05) is 131 Å². The average Bonchev–Trinajstić information content (AvgIpc) is 3.08. The molecule has 0 saturated heterocycles. The normalized spacial score (nSPS) is 12.4. The first-order valence-corrected chi connectivity index (χ1v) is 17.3. The monoisotopic (exact) mass is 629 g/mol. The molecule has 1 heteroatoms. The Kier molecular flexibility index (Phi) is 21.9. The van der Waals surface area contributed by atoms with Gasteiger partial charge < -0.3 is 0 Å². The number of hydrogen-bond donors (Lipinski definition) is 0. The van der Waals surface area contributed by atoms with Crippen LogP contribution in [0.5, 0.6) is 0 Å². The zero-order valence-electron chi connectivity index (χ0n) is 32.0. The van der Waals surface area contributed by atoms with Crippen molar-refractivity contribution in [3.63, 3.8) is 0 Å². The highest BCUT2D eigenvalue weighted by molar-refractivity contribution is 5.81. The highest BCUT2D eigenvalue weighted by atomic mass is 14.7. The van der Waals surface area contributed by atoms with Gasteiger partial charge in [0.2, 0.25) is 0 Å². The Morgan fingerprint density at radius 2 is 1.30 bits per heavy atom. The van der Waals surface area contributed by atoms with Crippen molar-refractivity contribution in [1.29, 1.82) is 0 Å². The molecule has 0 unspecified atom stereocenters. The number of allylic oxidation sites excluding steroid dienone is 12. The van der Waals surface area contributed by atoms with Crippen LogP contribution in [0.3, 0.4) is 0 Å².